The maximum absolute atomic E-state index is 11.9. The van der Waals surface area contributed by atoms with Gasteiger partial charge in [-0.2, -0.15) is 0 Å². The first-order chi connectivity index (χ1) is 8.86. The number of halogens is 2. The van der Waals surface area contributed by atoms with Crippen molar-refractivity contribution in [3.8, 4) is 0 Å². The van der Waals surface area contributed by atoms with Crippen molar-refractivity contribution < 1.29 is 13.6 Å². The zero-order valence-corrected chi connectivity index (χ0v) is 12.1. The number of benzene rings is 1. The zero-order chi connectivity index (χ0) is 14.5. The highest BCUT2D eigenvalue weighted by molar-refractivity contribution is 7.89. The molecule has 0 saturated carbocycles. The van der Waals surface area contributed by atoms with Crippen molar-refractivity contribution in [1.29, 1.82) is 0 Å². The quantitative estimate of drug-likeness (QED) is 0.244. The molecule has 1 rings (SSSR count). The summed E-state index contributed by atoms with van der Waals surface area (Å²) in [4.78, 5) is 0.0331. The highest BCUT2D eigenvalue weighted by atomic mass is 35.5. The van der Waals surface area contributed by atoms with E-state index in [1.165, 1.54) is 18.2 Å². The lowest BCUT2D eigenvalue weighted by Crippen LogP contribution is -2.26. The Morgan fingerprint density at radius 2 is 2.05 bits per heavy atom. The fraction of sp³-hybridized carbons (Fsp3) is 0.300. The van der Waals surface area contributed by atoms with Crippen LogP contribution in [0.2, 0.25) is 10.0 Å². The Morgan fingerprint density at radius 1 is 1.37 bits per heavy atom. The van der Waals surface area contributed by atoms with Gasteiger partial charge in [-0.3, -0.25) is 0 Å². The summed E-state index contributed by atoms with van der Waals surface area (Å²) in [5.74, 6) is 0.0498. The van der Waals surface area contributed by atoms with Gasteiger partial charge in [0.2, 0.25) is 10.0 Å². The number of hydrogen-bond donors (Lipinski definition) is 3. The van der Waals surface area contributed by atoms with Gasteiger partial charge in [-0.25, -0.2) is 13.1 Å². The number of amidine groups is 1. The highest BCUT2D eigenvalue weighted by Crippen LogP contribution is 2.24. The van der Waals surface area contributed by atoms with Gasteiger partial charge in [0.15, 0.2) is 0 Å². The summed E-state index contributed by atoms with van der Waals surface area (Å²) < 4.78 is 26.2. The maximum Gasteiger partial charge on any atom is 0.240 e. The topological polar surface area (TPSA) is 105 Å². The predicted molar refractivity (Wildman–Crippen MR) is 74.3 cm³/mol. The van der Waals surface area contributed by atoms with Crippen LogP contribution in [0, 0.1) is 0 Å². The van der Waals surface area contributed by atoms with Crippen LogP contribution in [-0.4, -0.2) is 26.0 Å². The normalized spacial score (nSPS) is 12.6. The summed E-state index contributed by atoms with van der Waals surface area (Å²) in [6.07, 6.45) is 0.705. The largest absolute Gasteiger partial charge is 0.409 e. The Morgan fingerprint density at radius 3 is 2.63 bits per heavy atom. The van der Waals surface area contributed by atoms with Crippen molar-refractivity contribution in [3.63, 3.8) is 0 Å². The van der Waals surface area contributed by atoms with Crippen LogP contribution in [0.25, 0.3) is 0 Å². The van der Waals surface area contributed by atoms with E-state index < -0.39 is 10.0 Å². The molecule has 9 heteroatoms. The first-order valence-electron chi connectivity index (χ1n) is 5.28. The molecule has 0 atom stereocenters. The van der Waals surface area contributed by atoms with Crippen LogP contribution >= 0.6 is 23.2 Å². The van der Waals surface area contributed by atoms with E-state index in [0.717, 1.165) is 0 Å². The number of oxime groups is 1. The number of nitrogens with one attached hydrogen (secondary N) is 1. The second-order valence-corrected chi connectivity index (χ2v) is 6.25. The number of sulfonamides is 1. The molecule has 0 aliphatic carbocycles. The molecule has 1 aromatic rings. The molecule has 0 fully saturated rings. The van der Waals surface area contributed by atoms with E-state index in [-0.39, 0.29) is 27.3 Å². The SMILES string of the molecule is NC(CCCNS(=O)(=O)c1ccc(Cl)c(Cl)c1)=NO. The van der Waals surface area contributed by atoms with E-state index in [0.29, 0.717) is 12.8 Å². The van der Waals surface area contributed by atoms with E-state index in [1.54, 1.807) is 0 Å². The van der Waals surface area contributed by atoms with Gasteiger partial charge in [0, 0.05) is 13.0 Å². The molecule has 0 heterocycles. The molecule has 0 aliphatic heterocycles. The summed E-state index contributed by atoms with van der Waals surface area (Å²) in [5.41, 5.74) is 5.26. The van der Waals surface area contributed by atoms with Crippen LogP contribution in [0.3, 0.4) is 0 Å². The number of hydrogen-bond acceptors (Lipinski definition) is 4. The van der Waals surface area contributed by atoms with Gasteiger partial charge in [0.1, 0.15) is 5.84 Å². The molecule has 1 aromatic carbocycles. The molecule has 0 aromatic heterocycles. The second kappa shape index (κ2) is 6.95. The number of nitrogens with zero attached hydrogens (tertiary/aromatic N) is 1. The van der Waals surface area contributed by atoms with E-state index >= 15 is 0 Å². The molecule has 0 bridgehead atoms. The minimum absolute atomic E-state index is 0.0331. The molecular formula is C10H13Cl2N3O3S. The van der Waals surface area contributed by atoms with Gasteiger partial charge in [0.25, 0.3) is 0 Å². The lowest BCUT2D eigenvalue weighted by molar-refractivity contribution is 0.316. The summed E-state index contributed by atoms with van der Waals surface area (Å²) in [7, 11) is -3.64. The molecule has 0 radical (unpaired) electrons. The third-order valence-electron chi connectivity index (χ3n) is 2.23. The van der Waals surface area contributed by atoms with Crippen LogP contribution in [0.1, 0.15) is 12.8 Å². The lowest BCUT2D eigenvalue weighted by atomic mass is 10.3. The predicted octanol–water partition coefficient (Wildman–Crippen LogP) is 1.80. The fourth-order valence-electron chi connectivity index (χ4n) is 1.25. The first-order valence-corrected chi connectivity index (χ1v) is 7.52. The zero-order valence-electron chi connectivity index (χ0n) is 9.81. The van der Waals surface area contributed by atoms with Gasteiger partial charge in [-0.05, 0) is 24.6 Å². The standard InChI is InChI=1S/C10H13Cl2N3O3S/c11-8-4-3-7(6-9(8)12)19(17,18)14-5-1-2-10(13)15-16/h3-4,6,14,16H,1-2,5H2,(H2,13,15). The van der Waals surface area contributed by atoms with Gasteiger partial charge in [-0.1, -0.05) is 28.4 Å². The van der Waals surface area contributed by atoms with Gasteiger partial charge in [-0.15, -0.1) is 0 Å². The van der Waals surface area contributed by atoms with E-state index in [2.05, 4.69) is 9.88 Å². The Hall–Kier alpha value is -1.02. The summed E-state index contributed by atoms with van der Waals surface area (Å²) in [5, 5.41) is 11.6. The lowest BCUT2D eigenvalue weighted by Gasteiger charge is -2.07. The smallest absolute Gasteiger partial charge is 0.240 e. The molecule has 0 aliphatic rings. The summed E-state index contributed by atoms with van der Waals surface area (Å²) in [6, 6.07) is 4.05. The maximum atomic E-state index is 11.9. The molecule has 0 unspecified atom stereocenters. The van der Waals surface area contributed by atoms with Crippen molar-refractivity contribution in [1.82, 2.24) is 4.72 Å². The van der Waals surface area contributed by atoms with Crippen LogP contribution in [-0.2, 0) is 10.0 Å². The third kappa shape index (κ3) is 4.87. The average Bonchev–Trinajstić information content (AvgIpc) is 2.37. The molecular weight excluding hydrogens is 313 g/mol. The van der Waals surface area contributed by atoms with Crippen molar-refractivity contribution >= 4 is 39.1 Å². The fourth-order valence-corrected chi connectivity index (χ4v) is 2.72. The molecule has 0 amide bonds. The third-order valence-corrected chi connectivity index (χ3v) is 4.43. The molecule has 6 nitrogen and oxygen atoms in total. The minimum atomic E-state index is -3.64. The number of nitrogens with two attached hydrogens (primary N) is 1. The summed E-state index contributed by atoms with van der Waals surface area (Å²) in [6.45, 7) is 0.165. The van der Waals surface area contributed by atoms with E-state index in [9.17, 15) is 8.42 Å². The minimum Gasteiger partial charge on any atom is -0.409 e. The van der Waals surface area contributed by atoms with Crippen LogP contribution in [0.4, 0.5) is 0 Å². The number of rotatable bonds is 6. The Balaban J connectivity index is 2.63. The molecule has 0 spiro atoms. The van der Waals surface area contributed by atoms with Crippen molar-refractivity contribution in [2.45, 2.75) is 17.7 Å². The Labute approximate surface area is 121 Å². The van der Waals surface area contributed by atoms with Crippen molar-refractivity contribution in [2.24, 2.45) is 10.9 Å². The Kier molecular flexibility index (Phi) is 5.86. The summed E-state index contributed by atoms with van der Waals surface area (Å²) >= 11 is 11.5. The van der Waals surface area contributed by atoms with Gasteiger partial charge in [0.05, 0.1) is 14.9 Å². The molecule has 106 valence electrons. The van der Waals surface area contributed by atoms with Crippen LogP contribution < -0.4 is 10.5 Å². The average molecular weight is 326 g/mol. The van der Waals surface area contributed by atoms with Crippen molar-refractivity contribution in [2.75, 3.05) is 6.54 Å². The first kappa shape index (κ1) is 16.0. The van der Waals surface area contributed by atoms with Gasteiger partial charge < -0.3 is 10.9 Å². The van der Waals surface area contributed by atoms with Gasteiger partial charge >= 0.3 is 0 Å². The molecule has 19 heavy (non-hydrogen) atoms. The van der Waals surface area contributed by atoms with Crippen molar-refractivity contribution in [3.05, 3.63) is 28.2 Å². The van der Waals surface area contributed by atoms with E-state index in [4.69, 9.17) is 34.1 Å². The second-order valence-electron chi connectivity index (χ2n) is 3.67. The highest BCUT2D eigenvalue weighted by Gasteiger charge is 2.14. The van der Waals surface area contributed by atoms with Crippen LogP contribution in [0.15, 0.2) is 28.3 Å². The van der Waals surface area contributed by atoms with Crippen LogP contribution in [0.5, 0.6) is 0 Å². The van der Waals surface area contributed by atoms with E-state index in [1.807, 2.05) is 0 Å². The molecule has 4 N–H and O–H groups in total. The Bertz CT molecular complexity index is 575. The molecule has 0 saturated heterocycles. The monoisotopic (exact) mass is 325 g/mol.